The molecule has 0 radical (unpaired) electrons. The second-order valence-electron chi connectivity index (χ2n) is 11.9. The third-order valence-corrected chi connectivity index (χ3v) is 9.85. The van der Waals surface area contributed by atoms with E-state index in [4.69, 9.17) is 0 Å². The number of halogens is 2. The number of fused-ring (bicyclic) bond motifs is 1. The fraction of sp³-hybridized carbons (Fsp3) is 0.923. The number of nitrogens with one attached hydrogen (secondary N) is 2. The van der Waals surface area contributed by atoms with E-state index in [0.717, 1.165) is 58.2 Å². The van der Waals surface area contributed by atoms with Crippen LogP contribution in [0.2, 0.25) is 0 Å². The first kappa shape index (κ1) is 24.4. The first-order valence-electron chi connectivity index (χ1n) is 13.6. The molecule has 3 heterocycles. The quantitative estimate of drug-likeness (QED) is 0.652. The lowest BCUT2D eigenvalue weighted by Crippen LogP contribution is -2.57. The SMILES string of the molecule is CC(=O)N1CCCC12CCN(C1CC(F)CC(NC(=O)C3CC4C(F)CCC(C)C4N3)C1)CC2. The number of piperidine rings is 1. The van der Waals surface area contributed by atoms with Crippen LogP contribution >= 0.6 is 0 Å². The summed E-state index contributed by atoms with van der Waals surface area (Å²) in [6, 6.07) is -0.367. The molecule has 34 heavy (non-hydrogen) atoms. The van der Waals surface area contributed by atoms with Crippen LogP contribution in [0, 0.1) is 11.8 Å². The van der Waals surface area contributed by atoms with Crippen LogP contribution in [0.15, 0.2) is 0 Å². The fourth-order valence-corrected chi connectivity index (χ4v) is 7.99. The smallest absolute Gasteiger partial charge is 0.237 e. The average molecular weight is 481 g/mol. The maximum Gasteiger partial charge on any atom is 0.237 e. The van der Waals surface area contributed by atoms with Gasteiger partial charge in [-0.2, -0.15) is 0 Å². The number of hydrogen-bond donors (Lipinski definition) is 2. The van der Waals surface area contributed by atoms with Crippen molar-refractivity contribution in [2.75, 3.05) is 19.6 Å². The van der Waals surface area contributed by atoms with E-state index in [-0.39, 0.29) is 47.4 Å². The Morgan fingerprint density at radius 1 is 1.00 bits per heavy atom. The molecule has 5 rings (SSSR count). The molecule has 5 fully saturated rings. The number of amides is 2. The predicted octanol–water partition coefficient (Wildman–Crippen LogP) is 2.95. The van der Waals surface area contributed by atoms with E-state index in [1.165, 1.54) is 0 Å². The van der Waals surface area contributed by atoms with Gasteiger partial charge in [-0.25, -0.2) is 8.78 Å². The van der Waals surface area contributed by atoms with E-state index in [2.05, 4.69) is 27.4 Å². The lowest BCUT2D eigenvalue weighted by Gasteiger charge is -2.48. The Morgan fingerprint density at radius 3 is 2.47 bits per heavy atom. The largest absolute Gasteiger partial charge is 0.352 e. The van der Waals surface area contributed by atoms with E-state index in [1.807, 2.05) is 0 Å². The van der Waals surface area contributed by atoms with Gasteiger partial charge in [-0.3, -0.25) is 9.59 Å². The van der Waals surface area contributed by atoms with Gasteiger partial charge in [0.1, 0.15) is 12.3 Å². The van der Waals surface area contributed by atoms with Crippen LogP contribution in [0.25, 0.3) is 0 Å². The summed E-state index contributed by atoms with van der Waals surface area (Å²) in [6.45, 7) is 6.43. The number of nitrogens with zero attached hydrogens (tertiary/aromatic N) is 2. The number of carbonyl (C=O) groups is 2. The van der Waals surface area contributed by atoms with Gasteiger partial charge < -0.3 is 20.4 Å². The van der Waals surface area contributed by atoms with E-state index in [1.54, 1.807) is 6.92 Å². The Morgan fingerprint density at radius 2 is 1.76 bits per heavy atom. The van der Waals surface area contributed by atoms with Crippen molar-refractivity contribution < 1.29 is 18.4 Å². The molecule has 8 unspecified atom stereocenters. The molecule has 8 heteroatoms. The number of hydrogen-bond acceptors (Lipinski definition) is 4. The van der Waals surface area contributed by atoms with E-state index in [9.17, 15) is 18.4 Å². The van der Waals surface area contributed by atoms with Gasteiger partial charge in [-0.05, 0) is 70.1 Å². The van der Waals surface area contributed by atoms with Crippen molar-refractivity contribution in [2.45, 2.75) is 120 Å². The van der Waals surface area contributed by atoms with Crippen molar-refractivity contribution in [3.63, 3.8) is 0 Å². The van der Waals surface area contributed by atoms with Gasteiger partial charge in [0.25, 0.3) is 0 Å². The first-order chi connectivity index (χ1) is 16.3. The van der Waals surface area contributed by atoms with Gasteiger partial charge in [0.05, 0.1) is 6.04 Å². The van der Waals surface area contributed by atoms with Crippen molar-refractivity contribution in [3.05, 3.63) is 0 Å². The van der Waals surface area contributed by atoms with Crippen LogP contribution in [0.5, 0.6) is 0 Å². The van der Waals surface area contributed by atoms with Crippen LogP contribution in [0.3, 0.4) is 0 Å². The molecule has 2 amide bonds. The molecule has 6 nitrogen and oxygen atoms in total. The van der Waals surface area contributed by atoms with E-state index < -0.39 is 12.3 Å². The van der Waals surface area contributed by atoms with Gasteiger partial charge in [-0.15, -0.1) is 0 Å². The van der Waals surface area contributed by atoms with Crippen LogP contribution < -0.4 is 10.6 Å². The highest BCUT2D eigenvalue weighted by Gasteiger charge is 2.48. The minimum Gasteiger partial charge on any atom is -0.352 e. The summed E-state index contributed by atoms with van der Waals surface area (Å²) in [5.41, 5.74) is -0.00390. The molecule has 0 aromatic heterocycles. The van der Waals surface area contributed by atoms with E-state index >= 15 is 0 Å². The maximum absolute atomic E-state index is 14.8. The topological polar surface area (TPSA) is 64.7 Å². The predicted molar refractivity (Wildman–Crippen MR) is 127 cm³/mol. The summed E-state index contributed by atoms with van der Waals surface area (Å²) in [6.07, 6.45) is 5.93. The minimum absolute atomic E-state index is 0.00390. The fourth-order valence-electron chi connectivity index (χ4n) is 7.99. The standard InChI is InChI=1S/C26H42F2N4O2/c1-16-4-5-22(28)21-15-23(30-24(16)21)25(34)29-19-12-18(27)13-20(14-19)31-10-7-26(8-11-31)6-3-9-32(26)17(2)33/h16,18-24,30H,3-15H2,1-2H3,(H,29,34). The highest BCUT2D eigenvalue weighted by atomic mass is 19.1. The Labute approximate surface area is 202 Å². The Balaban J connectivity index is 1.16. The Hall–Kier alpha value is -1.28. The molecule has 3 aliphatic heterocycles. The minimum atomic E-state index is -0.922. The number of alkyl halides is 2. The summed E-state index contributed by atoms with van der Waals surface area (Å²) in [5, 5.41) is 6.53. The van der Waals surface area contributed by atoms with Gasteiger partial charge in [0.2, 0.25) is 11.8 Å². The van der Waals surface area contributed by atoms with Crippen LogP contribution in [-0.4, -0.2) is 83.3 Å². The number of rotatable bonds is 3. The molecule has 5 aliphatic rings. The zero-order valence-electron chi connectivity index (χ0n) is 20.8. The highest BCUT2D eigenvalue weighted by Crippen LogP contribution is 2.41. The normalized spacial score (nSPS) is 42.5. The van der Waals surface area contributed by atoms with Gasteiger partial charge in [0.15, 0.2) is 0 Å². The zero-order chi connectivity index (χ0) is 24.0. The summed E-state index contributed by atoms with van der Waals surface area (Å²) >= 11 is 0. The second-order valence-corrected chi connectivity index (χ2v) is 11.9. The number of carbonyl (C=O) groups excluding carboxylic acids is 2. The van der Waals surface area contributed by atoms with Crippen LogP contribution in [0.4, 0.5) is 8.78 Å². The second kappa shape index (κ2) is 9.64. The van der Waals surface area contributed by atoms with Crippen molar-refractivity contribution >= 4 is 11.8 Å². The van der Waals surface area contributed by atoms with Crippen molar-refractivity contribution in [2.24, 2.45) is 11.8 Å². The van der Waals surface area contributed by atoms with Gasteiger partial charge in [0, 0.05) is 56.1 Å². The monoisotopic (exact) mass is 480 g/mol. The summed E-state index contributed by atoms with van der Waals surface area (Å²) in [7, 11) is 0. The van der Waals surface area contributed by atoms with Crippen molar-refractivity contribution in [3.8, 4) is 0 Å². The zero-order valence-corrected chi connectivity index (χ0v) is 20.8. The van der Waals surface area contributed by atoms with E-state index in [0.29, 0.717) is 31.6 Å². The lowest BCUT2D eigenvalue weighted by molar-refractivity contribution is -0.135. The van der Waals surface area contributed by atoms with Crippen molar-refractivity contribution in [1.82, 2.24) is 20.4 Å². The molecule has 0 aromatic carbocycles. The Kier molecular flexibility index (Phi) is 6.92. The maximum atomic E-state index is 14.8. The van der Waals surface area contributed by atoms with Crippen molar-refractivity contribution in [1.29, 1.82) is 0 Å². The summed E-state index contributed by atoms with van der Waals surface area (Å²) in [4.78, 5) is 29.6. The molecular weight excluding hydrogens is 438 g/mol. The molecule has 192 valence electrons. The molecule has 3 saturated heterocycles. The molecule has 2 saturated carbocycles. The summed E-state index contributed by atoms with van der Waals surface area (Å²) in [5.74, 6) is 0.375. The number of likely N-dealkylation sites (tertiary alicyclic amines) is 2. The third kappa shape index (κ3) is 4.61. The molecule has 2 N–H and O–H groups in total. The first-order valence-corrected chi connectivity index (χ1v) is 13.6. The Bertz CT molecular complexity index is 756. The molecule has 8 atom stereocenters. The van der Waals surface area contributed by atoms with Crippen LogP contribution in [0.1, 0.15) is 78.1 Å². The van der Waals surface area contributed by atoms with Crippen LogP contribution in [-0.2, 0) is 9.59 Å². The lowest BCUT2D eigenvalue weighted by atomic mass is 9.77. The summed E-state index contributed by atoms with van der Waals surface area (Å²) < 4.78 is 29.2. The molecule has 0 aromatic rings. The molecule has 1 spiro atoms. The molecule has 2 aliphatic carbocycles. The highest BCUT2D eigenvalue weighted by molar-refractivity contribution is 5.82. The average Bonchev–Trinajstić information content (AvgIpc) is 3.42. The molecule has 0 bridgehead atoms. The van der Waals surface area contributed by atoms with Gasteiger partial charge >= 0.3 is 0 Å². The third-order valence-electron chi connectivity index (χ3n) is 9.85. The molecular formula is C26H42F2N4O2. The van der Waals surface area contributed by atoms with Gasteiger partial charge in [-0.1, -0.05) is 6.92 Å².